The first-order chi connectivity index (χ1) is 8.61. The van der Waals surface area contributed by atoms with E-state index >= 15 is 0 Å². The molecule has 1 heterocycles. The molecule has 0 spiro atoms. The molecule has 0 saturated heterocycles. The van der Waals surface area contributed by atoms with Gasteiger partial charge in [0.25, 0.3) is 5.91 Å². The Morgan fingerprint density at radius 1 is 1.56 bits per heavy atom. The molecule has 3 N–H and O–H groups in total. The lowest BCUT2D eigenvalue weighted by molar-refractivity contribution is -0.122. The molecule has 0 saturated carbocycles. The van der Waals surface area contributed by atoms with Gasteiger partial charge in [-0.2, -0.15) is 11.8 Å². The average molecular weight is 266 g/mol. The number of carbonyl (C=O) groups is 1. The van der Waals surface area contributed by atoms with Gasteiger partial charge in [-0.05, 0) is 43.0 Å². The van der Waals surface area contributed by atoms with Crippen LogP contribution in [-0.2, 0) is 4.79 Å². The number of ether oxygens (including phenoxy) is 1. The van der Waals surface area contributed by atoms with Gasteiger partial charge in [0.05, 0.1) is 5.69 Å². The van der Waals surface area contributed by atoms with Crippen molar-refractivity contribution in [2.45, 2.75) is 25.5 Å². The highest BCUT2D eigenvalue weighted by Gasteiger charge is 2.23. The molecule has 2 atom stereocenters. The van der Waals surface area contributed by atoms with Crippen molar-refractivity contribution in [2.75, 3.05) is 17.3 Å². The molecule has 98 valence electrons. The lowest BCUT2D eigenvalue weighted by Gasteiger charge is -2.24. The number of anilines is 1. The summed E-state index contributed by atoms with van der Waals surface area (Å²) in [6, 6.07) is 5.75. The fourth-order valence-corrected chi connectivity index (χ4v) is 2.36. The first kappa shape index (κ1) is 13.2. The topological polar surface area (TPSA) is 64.3 Å². The van der Waals surface area contributed by atoms with Gasteiger partial charge in [0.15, 0.2) is 6.10 Å². The minimum absolute atomic E-state index is 0.000924. The summed E-state index contributed by atoms with van der Waals surface area (Å²) in [6.07, 6.45) is 2.55. The maximum Gasteiger partial charge on any atom is 0.265 e. The zero-order valence-corrected chi connectivity index (χ0v) is 11.4. The average Bonchev–Trinajstić information content (AvgIpc) is 2.36. The molecular formula is C13H18N2O2S. The molecule has 2 unspecified atom stereocenters. The van der Waals surface area contributed by atoms with Crippen LogP contribution in [0.4, 0.5) is 5.69 Å². The van der Waals surface area contributed by atoms with Crippen molar-refractivity contribution < 1.29 is 9.53 Å². The van der Waals surface area contributed by atoms with E-state index in [2.05, 4.69) is 11.6 Å². The lowest BCUT2D eigenvalue weighted by Crippen LogP contribution is -2.34. The van der Waals surface area contributed by atoms with Gasteiger partial charge in [0.1, 0.15) is 5.75 Å². The molecule has 0 bridgehead atoms. The van der Waals surface area contributed by atoms with Crippen LogP contribution in [0.1, 0.15) is 24.9 Å². The number of amides is 1. The number of hydrogen-bond acceptors (Lipinski definition) is 4. The number of nitrogens with one attached hydrogen (secondary N) is 1. The largest absolute Gasteiger partial charge is 0.479 e. The Kier molecular flexibility index (Phi) is 4.14. The summed E-state index contributed by atoms with van der Waals surface area (Å²) in [5.41, 5.74) is 7.86. The standard InChI is InChI=1S/C13H18N2O2S/c1-8-13(16)15-11-7-9(3-4-12(11)17-8)10(14)5-6-18-2/h3-4,7-8,10H,5-6,14H2,1-2H3,(H,15,16). The minimum atomic E-state index is -0.437. The molecule has 18 heavy (non-hydrogen) atoms. The van der Waals surface area contributed by atoms with Crippen molar-refractivity contribution in [2.24, 2.45) is 5.73 Å². The van der Waals surface area contributed by atoms with Crippen LogP contribution in [0.3, 0.4) is 0 Å². The van der Waals surface area contributed by atoms with Gasteiger partial charge in [0, 0.05) is 6.04 Å². The van der Waals surface area contributed by atoms with Crippen LogP contribution in [0.5, 0.6) is 5.75 Å². The van der Waals surface area contributed by atoms with Crippen molar-refractivity contribution in [3.8, 4) is 5.75 Å². The summed E-state index contributed by atoms with van der Waals surface area (Å²) in [6.45, 7) is 1.73. The second kappa shape index (κ2) is 5.63. The number of hydrogen-bond donors (Lipinski definition) is 2. The quantitative estimate of drug-likeness (QED) is 0.876. The second-order valence-electron chi connectivity index (χ2n) is 4.39. The van der Waals surface area contributed by atoms with Crippen LogP contribution in [0.2, 0.25) is 0 Å². The number of thioether (sulfide) groups is 1. The predicted molar refractivity (Wildman–Crippen MR) is 75.1 cm³/mol. The Balaban J connectivity index is 2.17. The fourth-order valence-electron chi connectivity index (χ4n) is 1.87. The van der Waals surface area contributed by atoms with Gasteiger partial charge in [-0.25, -0.2) is 0 Å². The van der Waals surface area contributed by atoms with Crippen LogP contribution >= 0.6 is 11.8 Å². The summed E-state index contributed by atoms with van der Waals surface area (Å²) < 4.78 is 5.50. The minimum Gasteiger partial charge on any atom is -0.479 e. The smallest absolute Gasteiger partial charge is 0.265 e. The maximum atomic E-state index is 11.5. The molecule has 5 heteroatoms. The summed E-state index contributed by atoms with van der Waals surface area (Å²) in [7, 11) is 0. The van der Waals surface area contributed by atoms with Gasteiger partial charge in [-0.3, -0.25) is 4.79 Å². The molecule has 0 aromatic heterocycles. The van der Waals surface area contributed by atoms with E-state index in [0.29, 0.717) is 5.75 Å². The van der Waals surface area contributed by atoms with E-state index in [1.165, 1.54) is 0 Å². The zero-order valence-electron chi connectivity index (χ0n) is 10.6. The molecule has 2 rings (SSSR count). The van der Waals surface area contributed by atoms with E-state index in [1.54, 1.807) is 18.7 Å². The normalized spacial score (nSPS) is 19.7. The van der Waals surface area contributed by atoms with Crippen LogP contribution in [0.25, 0.3) is 0 Å². The highest BCUT2D eigenvalue weighted by atomic mass is 32.2. The number of benzene rings is 1. The molecular weight excluding hydrogens is 248 g/mol. The maximum absolute atomic E-state index is 11.5. The first-order valence-electron chi connectivity index (χ1n) is 5.98. The monoisotopic (exact) mass is 266 g/mol. The molecule has 0 radical (unpaired) electrons. The Bertz CT molecular complexity index is 451. The van der Waals surface area contributed by atoms with Crippen molar-refractivity contribution in [3.05, 3.63) is 23.8 Å². The zero-order chi connectivity index (χ0) is 13.1. The highest BCUT2D eigenvalue weighted by Crippen LogP contribution is 2.32. The van der Waals surface area contributed by atoms with E-state index in [9.17, 15) is 4.79 Å². The van der Waals surface area contributed by atoms with E-state index in [0.717, 1.165) is 23.4 Å². The van der Waals surface area contributed by atoms with Crippen LogP contribution in [0.15, 0.2) is 18.2 Å². The lowest BCUT2D eigenvalue weighted by atomic mass is 10.0. The van der Waals surface area contributed by atoms with Crippen LogP contribution in [0, 0.1) is 0 Å². The van der Waals surface area contributed by atoms with Crippen molar-refractivity contribution >= 4 is 23.4 Å². The third-order valence-electron chi connectivity index (χ3n) is 3.00. The Hall–Kier alpha value is -1.20. The third-order valence-corrected chi connectivity index (χ3v) is 3.64. The number of carbonyl (C=O) groups excluding carboxylic acids is 1. The van der Waals surface area contributed by atoms with Crippen LogP contribution < -0.4 is 15.8 Å². The van der Waals surface area contributed by atoms with E-state index in [-0.39, 0.29) is 11.9 Å². The molecule has 0 fully saturated rings. The van der Waals surface area contributed by atoms with Crippen molar-refractivity contribution in [1.82, 2.24) is 0 Å². The third kappa shape index (κ3) is 2.79. The summed E-state index contributed by atoms with van der Waals surface area (Å²) in [5.74, 6) is 1.62. The molecule has 1 aliphatic heterocycles. The van der Waals surface area contributed by atoms with Crippen LogP contribution in [-0.4, -0.2) is 24.0 Å². The second-order valence-corrected chi connectivity index (χ2v) is 5.38. The first-order valence-corrected chi connectivity index (χ1v) is 7.37. The van der Waals surface area contributed by atoms with Crippen molar-refractivity contribution in [1.29, 1.82) is 0 Å². The Morgan fingerprint density at radius 3 is 3.06 bits per heavy atom. The summed E-state index contributed by atoms with van der Waals surface area (Å²) in [5, 5.41) is 2.84. The van der Waals surface area contributed by atoms with Gasteiger partial charge in [-0.15, -0.1) is 0 Å². The highest BCUT2D eigenvalue weighted by molar-refractivity contribution is 7.98. The van der Waals surface area contributed by atoms with E-state index in [4.69, 9.17) is 10.5 Å². The molecule has 4 nitrogen and oxygen atoms in total. The van der Waals surface area contributed by atoms with Gasteiger partial charge in [0.2, 0.25) is 0 Å². The Morgan fingerprint density at radius 2 is 2.33 bits per heavy atom. The molecule has 1 amide bonds. The molecule has 0 aliphatic carbocycles. The van der Waals surface area contributed by atoms with E-state index in [1.807, 2.05) is 18.2 Å². The SMILES string of the molecule is CSCCC(N)c1ccc2c(c1)NC(=O)C(C)O2. The summed E-state index contributed by atoms with van der Waals surface area (Å²) >= 11 is 1.78. The Labute approximate surface area is 111 Å². The number of nitrogens with two attached hydrogens (primary N) is 1. The number of fused-ring (bicyclic) bond motifs is 1. The van der Waals surface area contributed by atoms with E-state index < -0.39 is 6.10 Å². The van der Waals surface area contributed by atoms with Crippen molar-refractivity contribution in [3.63, 3.8) is 0 Å². The van der Waals surface area contributed by atoms with Gasteiger partial charge in [-0.1, -0.05) is 6.07 Å². The summed E-state index contributed by atoms with van der Waals surface area (Å²) in [4.78, 5) is 11.5. The van der Waals surface area contributed by atoms with Gasteiger partial charge < -0.3 is 15.8 Å². The molecule has 1 aliphatic rings. The predicted octanol–water partition coefficient (Wildman–Crippen LogP) is 2.16. The fraction of sp³-hybridized carbons (Fsp3) is 0.462. The molecule has 1 aromatic rings. The molecule has 1 aromatic carbocycles. The van der Waals surface area contributed by atoms with Gasteiger partial charge >= 0.3 is 0 Å². The number of rotatable bonds is 4.